The summed E-state index contributed by atoms with van der Waals surface area (Å²) in [6.07, 6.45) is 6.63. The van der Waals surface area contributed by atoms with Gasteiger partial charge in [0, 0.05) is 28.2 Å². The first-order chi connectivity index (χ1) is 17.6. The zero-order valence-electron chi connectivity index (χ0n) is 20.9. The molecule has 8 heteroatoms. The minimum Gasteiger partial charge on any atom is -0.494 e. The van der Waals surface area contributed by atoms with E-state index in [-0.39, 0.29) is 17.6 Å². The highest BCUT2D eigenvalue weighted by atomic mass is 16.5. The van der Waals surface area contributed by atoms with Crippen LogP contribution in [0.2, 0.25) is 0 Å². The summed E-state index contributed by atoms with van der Waals surface area (Å²) >= 11 is 0. The van der Waals surface area contributed by atoms with Crippen LogP contribution in [0.3, 0.4) is 0 Å². The number of ether oxygens (including phenoxy) is 1. The fourth-order valence-corrected chi connectivity index (χ4v) is 6.02. The van der Waals surface area contributed by atoms with Crippen molar-refractivity contribution in [1.29, 1.82) is 0 Å². The molecule has 2 atom stereocenters. The predicted octanol–water partition coefficient (Wildman–Crippen LogP) is 4.96. The summed E-state index contributed by atoms with van der Waals surface area (Å²) in [7, 11) is 0. The van der Waals surface area contributed by atoms with E-state index in [1.54, 1.807) is 0 Å². The van der Waals surface area contributed by atoms with Crippen LogP contribution in [-0.2, 0) is 6.42 Å². The number of rotatable bonds is 6. The van der Waals surface area contributed by atoms with Gasteiger partial charge in [-0.3, -0.25) is 4.79 Å². The molecule has 2 aliphatic rings. The van der Waals surface area contributed by atoms with Crippen molar-refractivity contribution in [3.63, 3.8) is 0 Å². The summed E-state index contributed by atoms with van der Waals surface area (Å²) in [4.78, 5) is 19.1. The van der Waals surface area contributed by atoms with Crippen LogP contribution in [0.25, 0.3) is 10.9 Å². The van der Waals surface area contributed by atoms with Crippen molar-refractivity contribution in [2.45, 2.75) is 70.5 Å². The summed E-state index contributed by atoms with van der Waals surface area (Å²) in [5.74, 6) is 1.52. The molecule has 0 amide bonds. The van der Waals surface area contributed by atoms with E-state index in [1.165, 1.54) is 24.8 Å². The molecule has 2 aromatic heterocycles. The average molecular weight is 485 g/mol. The Kier molecular flexibility index (Phi) is 5.95. The maximum Gasteiger partial charge on any atom is 0.254 e. The van der Waals surface area contributed by atoms with Gasteiger partial charge in [0.2, 0.25) is 0 Å². The van der Waals surface area contributed by atoms with Gasteiger partial charge in [0.1, 0.15) is 11.8 Å². The molecule has 1 N–H and O–H groups in total. The molecule has 186 valence electrons. The normalized spacial score (nSPS) is 18.9. The second kappa shape index (κ2) is 9.41. The fourth-order valence-electron chi connectivity index (χ4n) is 6.02. The quantitative estimate of drug-likeness (QED) is 0.416. The Morgan fingerprint density at radius 1 is 1.11 bits per heavy atom. The van der Waals surface area contributed by atoms with Gasteiger partial charge < -0.3 is 14.6 Å². The number of nitrogens with zero attached hydrogens (tertiary/aromatic N) is 5. The molecule has 6 rings (SSSR count). The Morgan fingerprint density at radius 2 is 1.94 bits per heavy atom. The van der Waals surface area contributed by atoms with Gasteiger partial charge in [-0.25, -0.2) is 4.68 Å². The van der Waals surface area contributed by atoms with Gasteiger partial charge in [0.15, 0.2) is 5.82 Å². The predicted molar refractivity (Wildman–Crippen MR) is 140 cm³/mol. The molecular formula is C28H32N6O2. The number of fused-ring (bicyclic) bond motifs is 2. The summed E-state index contributed by atoms with van der Waals surface area (Å²) in [6.45, 7) is 4.77. The van der Waals surface area contributed by atoms with Gasteiger partial charge in [-0.05, 0) is 79.4 Å². The van der Waals surface area contributed by atoms with Gasteiger partial charge in [0.25, 0.3) is 5.56 Å². The fraction of sp³-hybridized carbons (Fsp3) is 0.429. The Bertz CT molecular complexity index is 1440. The molecule has 0 spiro atoms. The number of nitrogens with one attached hydrogen (secondary N) is 1. The zero-order valence-corrected chi connectivity index (χ0v) is 20.9. The minimum atomic E-state index is -0.413. The average Bonchev–Trinajstić information content (AvgIpc) is 3.50. The lowest BCUT2D eigenvalue weighted by Crippen LogP contribution is -2.39. The zero-order chi connectivity index (χ0) is 24.6. The second-order valence-electron chi connectivity index (χ2n) is 10.0. The van der Waals surface area contributed by atoms with Crippen LogP contribution in [0.1, 0.15) is 75.0 Å². The molecule has 0 radical (unpaired) electrons. The molecular weight excluding hydrogens is 452 g/mol. The lowest BCUT2D eigenvalue weighted by Gasteiger charge is -2.34. The van der Waals surface area contributed by atoms with E-state index in [1.807, 2.05) is 35.9 Å². The number of aromatic amines is 1. The standard InChI is InChI=1S/C28H32N6O2/c1-3-36-22-13-14-24-20(16-22)17-23(28(35)29-24)26(33-18(2)15-19-9-7-8-12-25(19)33)27-30-31-32-34(27)21-10-5-4-6-11-21/h7-9,12-14,16-18,21,26H,3-6,10-11,15H2,1-2H3,(H,29,35)/t18-,26+/m1/s1. The third-order valence-corrected chi connectivity index (χ3v) is 7.67. The van der Waals surface area contributed by atoms with Crippen molar-refractivity contribution in [2.24, 2.45) is 0 Å². The Hall–Kier alpha value is -3.68. The number of para-hydroxylation sites is 1. The Morgan fingerprint density at radius 3 is 2.78 bits per heavy atom. The Labute approximate surface area is 210 Å². The minimum absolute atomic E-state index is 0.119. The van der Waals surface area contributed by atoms with Crippen molar-refractivity contribution >= 4 is 16.6 Å². The van der Waals surface area contributed by atoms with Crippen molar-refractivity contribution in [1.82, 2.24) is 25.2 Å². The number of tetrazole rings is 1. The smallest absolute Gasteiger partial charge is 0.254 e. The summed E-state index contributed by atoms with van der Waals surface area (Å²) < 4.78 is 7.74. The van der Waals surface area contributed by atoms with Crippen LogP contribution < -0.4 is 15.2 Å². The number of H-pyrrole nitrogens is 1. The van der Waals surface area contributed by atoms with E-state index < -0.39 is 6.04 Å². The Balaban J connectivity index is 1.55. The molecule has 0 saturated heterocycles. The topological polar surface area (TPSA) is 88.9 Å². The van der Waals surface area contributed by atoms with Crippen molar-refractivity contribution in [3.05, 3.63) is 75.8 Å². The van der Waals surface area contributed by atoms with Crippen molar-refractivity contribution < 1.29 is 4.74 Å². The molecule has 1 saturated carbocycles. The summed E-state index contributed by atoms with van der Waals surface area (Å²) in [5.41, 5.74) is 3.73. The van der Waals surface area contributed by atoms with E-state index in [0.717, 1.165) is 47.4 Å². The SMILES string of the molecule is CCOc1ccc2[nH]c(=O)c([C@@H](c3nnnn3C3CCCCC3)N3c4ccccc4C[C@H]3C)cc2c1. The summed E-state index contributed by atoms with van der Waals surface area (Å²) in [5, 5.41) is 14.1. The lowest BCUT2D eigenvalue weighted by atomic mass is 9.95. The van der Waals surface area contributed by atoms with Crippen LogP contribution in [0.4, 0.5) is 5.69 Å². The number of anilines is 1. The third-order valence-electron chi connectivity index (χ3n) is 7.67. The van der Waals surface area contributed by atoms with E-state index in [9.17, 15) is 4.79 Å². The molecule has 4 aromatic rings. The van der Waals surface area contributed by atoms with Gasteiger partial charge in [0.05, 0.1) is 12.6 Å². The highest BCUT2D eigenvalue weighted by Crippen LogP contribution is 2.42. The molecule has 0 unspecified atom stereocenters. The van der Waals surface area contributed by atoms with Crippen LogP contribution in [0.5, 0.6) is 5.75 Å². The highest BCUT2D eigenvalue weighted by Gasteiger charge is 2.38. The molecule has 8 nitrogen and oxygen atoms in total. The van der Waals surface area contributed by atoms with Crippen LogP contribution in [-0.4, -0.2) is 37.8 Å². The number of hydrogen-bond donors (Lipinski definition) is 1. The largest absolute Gasteiger partial charge is 0.494 e. The van der Waals surface area contributed by atoms with Crippen LogP contribution in [0, 0.1) is 0 Å². The van der Waals surface area contributed by atoms with Crippen LogP contribution >= 0.6 is 0 Å². The summed E-state index contributed by atoms with van der Waals surface area (Å²) in [6, 6.07) is 16.3. The van der Waals surface area contributed by atoms with Gasteiger partial charge in [-0.2, -0.15) is 0 Å². The van der Waals surface area contributed by atoms with Gasteiger partial charge in [-0.15, -0.1) is 5.10 Å². The molecule has 2 aromatic carbocycles. The number of pyridine rings is 1. The molecule has 36 heavy (non-hydrogen) atoms. The lowest BCUT2D eigenvalue weighted by molar-refractivity contribution is 0.312. The molecule has 1 aliphatic heterocycles. The maximum absolute atomic E-state index is 13.7. The van der Waals surface area contributed by atoms with Crippen molar-refractivity contribution in [2.75, 3.05) is 11.5 Å². The number of hydrogen-bond acceptors (Lipinski definition) is 6. The third kappa shape index (κ3) is 3.94. The van der Waals surface area contributed by atoms with E-state index in [2.05, 4.69) is 56.6 Å². The van der Waals surface area contributed by atoms with Gasteiger partial charge in [-0.1, -0.05) is 37.5 Å². The second-order valence-corrected chi connectivity index (χ2v) is 10.0. The molecule has 0 bridgehead atoms. The van der Waals surface area contributed by atoms with Crippen molar-refractivity contribution in [3.8, 4) is 5.75 Å². The molecule has 3 heterocycles. The monoisotopic (exact) mass is 484 g/mol. The van der Waals surface area contributed by atoms with Crippen LogP contribution in [0.15, 0.2) is 53.3 Å². The first-order valence-electron chi connectivity index (χ1n) is 13.1. The number of benzene rings is 2. The first kappa shape index (κ1) is 22.8. The first-order valence-corrected chi connectivity index (χ1v) is 13.1. The highest BCUT2D eigenvalue weighted by molar-refractivity contribution is 5.81. The van der Waals surface area contributed by atoms with Gasteiger partial charge >= 0.3 is 0 Å². The number of aromatic nitrogens is 5. The van der Waals surface area contributed by atoms with E-state index in [0.29, 0.717) is 12.2 Å². The van der Waals surface area contributed by atoms with E-state index in [4.69, 9.17) is 4.74 Å². The molecule has 1 fully saturated rings. The molecule has 1 aliphatic carbocycles. The maximum atomic E-state index is 13.7. The van der Waals surface area contributed by atoms with E-state index >= 15 is 0 Å².